The number of aryl methyl sites for hydroxylation is 2. The van der Waals surface area contributed by atoms with Crippen molar-refractivity contribution in [3.63, 3.8) is 0 Å². The molecule has 0 bridgehead atoms. The predicted molar refractivity (Wildman–Crippen MR) is 84.7 cm³/mol. The van der Waals surface area contributed by atoms with E-state index in [9.17, 15) is 0 Å². The van der Waals surface area contributed by atoms with Gasteiger partial charge >= 0.3 is 0 Å². The van der Waals surface area contributed by atoms with Gasteiger partial charge in [-0.1, -0.05) is 13.0 Å². The average Bonchev–Trinajstić information content (AvgIpc) is 2.93. The van der Waals surface area contributed by atoms with Gasteiger partial charge in [0.25, 0.3) is 0 Å². The first-order valence-electron chi connectivity index (χ1n) is 7.49. The third-order valence-electron chi connectivity index (χ3n) is 3.96. The lowest BCUT2D eigenvalue weighted by Gasteiger charge is -2.17. The first-order chi connectivity index (χ1) is 10.0. The lowest BCUT2D eigenvalue weighted by Crippen LogP contribution is -2.30. The fourth-order valence-corrected chi connectivity index (χ4v) is 2.45. The van der Waals surface area contributed by atoms with Crippen LogP contribution in [0.5, 0.6) is 0 Å². The maximum Gasteiger partial charge on any atom is 0.0644 e. The van der Waals surface area contributed by atoms with Crippen molar-refractivity contribution >= 4 is 0 Å². The molecule has 0 fully saturated rings. The van der Waals surface area contributed by atoms with Crippen molar-refractivity contribution in [3.8, 4) is 0 Å². The molecule has 2 unspecified atom stereocenters. The van der Waals surface area contributed by atoms with Crippen LogP contribution in [-0.2, 0) is 6.42 Å². The zero-order valence-corrected chi connectivity index (χ0v) is 13.3. The van der Waals surface area contributed by atoms with Crippen molar-refractivity contribution in [3.05, 3.63) is 47.0 Å². The Morgan fingerprint density at radius 1 is 1.29 bits per heavy atom. The van der Waals surface area contributed by atoms with Gasteiger partial charge in [0.2, 0.25) is 0 Å². The predicted octanol–water partition coefficient (Wildman–Crippen LogP) is 2.61. The fourth-order valence-electron chi connectivity index (χ4n) is 2.45. The summed E-state index contributed by atoms with van der Waals surface area (Å²) in [5.41, 5.74) is 7.09. The number of nitrogens with zero attached hydrogens (tertiary/aromatic N) is 3. The van der Waals surface area contributed by atoms with Gasteiger partial charge in [-0.2, -0.15) is 5.10 Å². The lowest BCUT2D eigenvalue weighted by molar-refractivity contribution is 0.466. The summed E-state index contributed by atoms with van der Waals surface area (Å²) < 4.78 is 2.02. The van der Waals surface area contributed by atoms with Crippen molar-refractivity contribution in [2.45, 2.75) is 52.6 Å². The average molecular weight is 287 g/mol. The Kier molecular flexibility index (Phi) is 5.09. The van der Waals surface area contributed by atoms with E-state index in [0.717, 1.165) is 35.5 Å². The number of rotatable bonds is 6. The van der Waals surface area contributed by atoms with E-state index in [1.54, 1.807) is 0 Å². The number of nitrogens with one attached hydrogen (secondary N) is 1. The standard InChI is InChI=1S/C16H25N5/c1-5-12(3)21-9-8-14(20-21)10-16(19-17)15-7-6-11(2)18-13(15)4/h6-9,12,16,19H,5,10,17H2,1-4H3. The number of hydrazine groups is 1. The molecule has 0 aliphatic heterocycles. The Bertz CT molecular complexity index is 590. The normalized spacial score (nSPS) is 14.1. The van der Waals surface area contributed by atoms with Gasteiger partial charge in [-0.3, -0.25) is 20.9 Å². The summed E-state index contributed by atoms with van der Waals surface area (Å²) in [5.74, 6) is 5.74. The highest BCUT2D eigenvalue weighted by atomic mass is 15.3. The van der Waals surface area contributed by atoms with E-state index in [4.69, 9.17) is 5.84 Å². The van der Waals surface area contributed by atoms with Crippen molar-refractivity contribution < 1.29 is 0 Å². The molecule has 2 rings (SSSR count). The van der Waals surface area contributed by atoms with Gasteiger partial charge in [0.15, 0.2) is 0 Å². The summed E-state index contributed by atoms with van der Waals surface area (Å²) in [6, 6.07) is 6.62. The lowest BCUT2D eigenvalue weighted by atomic mass is 10.0. The molecule has 0 aliphatic rings. The molecule has 0 saturated carbocycles. The molecule has 0 aliphatic carbocycles. The van der Waals surface area contributed by atoms with Crippen LogP contribution in [0.4, 0.5) is 0 Å². The minimum absolute atomic E-state index is 0.0263. The Labute approximate surface area is 126 Å². The van der Waals surface area contributed by atoms with Crippen LogP contribution in [0.3, 0.4) is 0 Å². The summed E-state index contributed by atoms with van der Waals surface area (Å²) in [7, 11) is 0. The molecule has 0 radical (unpaired) electrons. The Morgan fingerprint density at radius 3 is 2.67 bits per heavy atom. The van der Waals surface area contributed by atoms with E-state index in [2.05, 4.69) is 41.5 Å². The van der Waals surface area contributed by atoms with Gasteiger partial charge in [0.1, 0.15) is 0 Å². The second kappa shape index (κ2) is 6.83. The van der Waals surface area contributed by atoms with E-state index in [-0.39, 0.29) is 6.04 Å². The molecule has 2 aromatic rings. The molecule has 3 N–H and O–H groups in total. The summed E-state index contributed by atoms with van der Waals surface area (Å²) in [6.45, 7) is 8.35. The van der Waals surface area contributed by atoms with E-state index >= 15 is 0 Å². The third-order valence-corrected chi connectivity index (χ3v) is 3.96. The molecule has 2 atom stereocenters. The Balaban J connectivity index is 2.17. The van der Waals surface area contributed by atoms with Crippen LogP contribution in [0.2, 0.25) is 0 Å². The molecule has 0 spiro atoms. The van der Waals surface area contributed by atoms with Gasteiger partial charge in [-0.15, -0.1) is 0 Å². The molecule has 2 heterocycles. The van der Waals surface area contributed by atoms with Crippen LogP contribution in [0.15, 0.2) is 24.4 Å². The molecule has 114 valence electrons. The smallest absolute Gasteiger partial charge is 0.0644 e. The minimum Gasteiger partial charge on any atom is -0.271 e. The highest BCUT2D eigenvalue weighted by Gasteiger charge is 2.16. The van der Waals surface area contributed by atoms with Gasteiger partial charge < -0.3 is 0 Å². The van der Waals surface area contributed by atoms with Crippen molar-refractivity contribution in [1.29, 1.82) is 0 Å². The minimum atomic E-state index is 0.0263. The van der Waals surface area contributed by atoms with Gasteiger partial charge in [0.05, 0.1) is 11.7 Å². The van der Waals surface area contributed by atoms with Crippen molar-refractivity contribution in [2.75, 3.05) is 0 Å². The largest absolute Gasteiger partial charge is 0.271 e. The summed E-state index contributed by atoms with van der Waals surface area (Å²) >= 11 is 0. The second-order valence-corrected chi connectivity index (χ2v) is 5.60. The zero-order valence-electron chi connectivity index (χ0n) is 13.3. The fraction of sp³-hybridized carbons (Fsp3) is 0.500. The Morgan fingerprint density at radius 2 is 2.05 bits per heavy atom. The van der Waals surface area contributed by atoms with E-state index in [0.29, 0.717) is 6.04 Å². The van der Waals surface area contributed by atoms with Gasteiger partial charge in [-0.05, 0) is 44.9 Å². The van der Waals surface area contributed by atoms with E-state index < -0.39 is 0 Å². The quantitative estimate of drug-likeness (QED) is 0.633. The monoisotopic (exact) mass is 287 g/mol. The van der Waals surface area contributed by atoms with E-state index in [1.165, 1.54) is 0 Å². The molecule has 21 heavy (non-hydrogen) atoms. The number of pyridine rings is 1. The molecular weight excluding hydrogens is 262 g/mol. The van der Waals surface area contributed by atoms with Gasteiger partial charge in [0, 0.05) is 30.0 Å². The summed E-state index contributed by atoms with van der Waals surface area (Å²) in [6.07, 6.45) is 3.86. The van der Waals surface area contributed by atoms with Crippen LogP contribution in [0.1, 0.15) is 55.0 Å². The summed E-state index contributed by atoms with van der Waals surface area (Å²) in [5, 5.41) is 4.64. The zero-order chi connectivity index (χ0) is 15.4. The molecule has 2 aromatic heterocycles. The number of hydrogen-bond acceptors (Lipinski definition) is 4. The van der Waals surface area contributed by atoms with E-state index in [1.807, 2.05) is 30.8 Å². The number of hydrogen-bond donors (Lipinski definition) is 2. The Hall–Kier alpha value is -1.72. The van der Waals surface area contributed by atoms with Crippen LogP contribution >= 0.6 is 0 Å². The first-order valence-corrected chi connectivity index (χ1v) is 7.49. The van der Waals surface area contributed by atoms with Crippen molar-refractivity contribution in [2.24, 2.45) is 5.84 Å². The molecule has 5 heteroatoms. The van der Waals surface area contributed by atoms with Crippen molar-refractivity contribution in [1.82, 2.24) is 20.2 Å². The molecule has 5 nitrogen and oxygen atoms in total. The highest BCUT2D eigenvalue weighted by molar-refractivity contribution is 5.26. The molecule has 0 aromatic carbocycles. The second-order valence-electron chi connectivity index (χ2n) is 5.60. The highest BCUT2D eigenvalue weighted by Crippen LogP contribution is 2.20. The number of nitrogens with two attached hydrogens (primary N) is 1. The third kappa shape index (κ3) is 3.68. The SMILES string of the molecule is CCC(C)n1ccc(CC(NN)c2ccc(C)nc2C)n1. The van der Waals surface area contributed by atoms with Crippen LogP contribution in [-0.4, -0.2) is 14.8 Å². The van der Waals surface area contributed by atoms with Crippen LogP contribution < -0.4 is 11.3 Å². The topological polar surface area (TPSA) is 68.8 Å². The molecular formula is C16H25N5. The number of aromatic nitrogens is 3. The van der Waals surface area contributed by atoms with Crippen LogP contribution in [0.25, 0.3) is 0 Å². The molecule has 0 amide bonds. The van der Waals surface area contributed by atoms with Gasteiger partial charge in [-0.25, -0.2) is 0 Å². The maximum atomic E-state index is 5.74. The first kappa shape index (κ1) is 15.7. The molecule has 0 saturated heterocycles. The van der Waals surface area contributed by atoms with Crippen LogP contribution in [0, 0.1) is 13.8 Å². The summed E-state index contributed by atoms with van der Waals surface area (Å²) in [4.78, 5) is 4.51. The maximum absolute atomic E-state index is 5.74.